The Balaban J connectivity index is 2.34. The third-order valence-corrected chi connectivity index (χ3v) is 6.73. The lowest BCUT2D eigenvalue weighted by Gasteiger charge is -2.28. The quantitative estimate of drug-likeness (QED) is 0.198. The summed E-state index contributed by atoms with van der Waals surface area (Å²) in [5.41, 5.74) is 1.42. The van der Waals surface area contributed by atoms with Gasteiger partial charge in [-0.05, 0) is 48.2 Å². The summed E-state index contributed by atoms with van der Waals surface area (Å²) in [6.07, 6.45) is 1.72. The van der Waals surface area contributed by atoms with E-state index >= 15 is 0 Å². The van der Waals surface area contributed by atoms with Crippen LogP contribution in [-0.4, -0.2) is 23.9 Å². The largest absolute Gasteiger partial charge is 0.490 e. The van der Waals surface area contributed by atoms with Crippen molar-refractivity contribution in [2.24, 2.45) is 0 Å². The summed E-state index contributed by atoms with van der Waals surface area (Å²) in [5, 5.41) is 3.60. The van der Waals surface area contributed by atoms with Gasteiger partial charge in [-0.1, -0.05) is 92.1 Å². The molecule has 0 spiro atoms. The molecule has 0 fully saturated rings. The Morgan fingerprint density at radius 1 is 0.690 bits per heavy atom. The van der Waals surface area contributed by atoms with Gasteiger partial charge in [-0.25, -0.2) is 0 Å². The van der Waals surface area contributed by atoms with Crippen LogP contribution in [0.1, 0.15) is 37.8 Å². The first-order valence-electron chi connectivity index (χ1n) is 9.09. The number of alkyl halides is 2. The SMILES string of the molecule is CC(C)(c1cc(Cl)c(OCCCBr)c(Cl)c1)c1cc(Cl)c(OCCCBr)c(Cl)c1. The minimum Gasteiger partial charge on any atom is -0.490 e. The molecule has 0 N–H and O–H groups in total. The Bertz CT molecular complexity index is 730. The molecule has 2 rings (SSSR count). The number of rotatable bonds is 10. The Labute approximate surface area is 209 Å². The summed E-state index contributed by atoms with van der Waals surface area (Å²) in [5.74, 6) is 1.00. The van der Waals surface area contributed by atoms with Gasteiger partial charge in [0.15, 0.2) is 11.5 Å². The molecule has 0 bridgehead atoms. The van der Waals surface area contributed by atoms with Crippen molar-refractivity contribution in [1.82, 2.24) is 0 Å². The molecule has 29 heavy (non-hydrogen) atoms. The number of halogens is 6. The summed E-state index contributed by atoms with van der Waals surface area (Å²) in [7, 11) is 0. The third kappa shape index (κ3) is 6.57. The molecular weight excluding hydrogens is 586 g/mol. The minimum atomic E-state index is -0.441. The molecular formula is C21H22Br2Cl4O2. The van der Waals surface area contributed by atoms with Crippen LogP contribution in [0.4, 0.5) is 0 Å². The molecule has 0 aromatic heterocycles. The number of hydrogen-bond acceptors (Lipinski definition) is 2. The van der Waals surface area contributed by atoms with Crippen LogP contribution in [0.15, 0.2) is 24.3 Å². The van der Waals surface area contributed by atoms with Gasteiger partial charge in [0.1, 0.15) is 0 Å². The van der Waals surface area contributed by atoms with E-state index in [4.69, 9.17) is 55.9 Å². The molecule has 0 aliphatic carbocycles. The van der Waals surface area contributed by atoms with Crippen molar-refractivity contribution in [1.29, 1.82) is 0 Å². The van der Waals surface area contributed by atoms with Crippen LogP contribution >= 0.6 is 78.3 Å². The molecule has 0 aliphatic heterocycles. The van der Waals surface area contributed by atoms with Crippen LogP contribution in [0.5, 0.6) is 11.5 Å². The van der Waals surface area contributed by atoms with Crippen molar-refractivity contribution in [3.05, 3.63) is 55.5 Å². The van der Waals surface area contributed by atoms with Gasteiger partial charge in [-0.2, -0.15) is 0 Å². The average Bonchev–Trinajstić information content (AvgIpc) is 2.65. The highest BCUT2D eigenvalue weighted by molar-refractivity contribution is 9.09. The van der Waals surface area contributed by atoms with Crippen LogP contribution in [0.25, 0.3) is 0 Å². The second-order valence-corrected chi connectivity index (χ2v) is 10.2. The summed E-state index contributed by atoms with van der Waals surface area (Å²) in [4.78, 5) is 0. The van der Waals surface area contributed by atoms with Gasteiger partial charge in [0.25, 0.3) is 0 Å². The molecule has 8 heteroatoms. The van der Waals surface area contributed by atoms with Crippen LogP contribution < -0.4 is 9.47 Å². The fourth-order valence-corrected chi connectivity index (χ4v) is 4.39. The summed E-state index contributed by atoms with van der Waals surface area (Å²) < 4.78 is 11.5. The van der Waals surface area contributed by atoms with E-state index in [-0.39, 0.29) is 0 Å². The summed E-state index contributed by atoms with van der Waals surface area (Å²) in [6, 6.07) is 7.50. The molecule has 0 atom stereocenters. The van der Waals surface area contributed by atoms with Gasteiger partial charge in [-0.3, -0.25) is 0 Å². The first-order chi connectivity index (χ1) is 13.7. The van der Waals surface area contributed by atoms with Gasteiger partial charge >= 0.3 is 0 Å². The first-order valence-corrected chi connectivity index (χ1v) is 12.8. The predicted octanol–water partition coefficient (Wildman–Crippen LogP) is 8.95. The maximum atomic E-state index is 6.47. The monoisotopic (exact) mass is 604 g/mol. The Hall–Kier alpha value is 0.160. The molecule has 2 nitrogen and oxygen atoms in total. The van der Waals surface area contributed by atoms with E-state index in [1.54, 1.807) is 0 Å². The second kappa shape index (κ2) is 11.7. The zero-order valence-corrected chi connectivity index (χ0v) is 22.3. The van der Waals surface area contributed by atoms with E-state index in [1.165, 1.54) is 0 Å². The predicted molar refractivity (Wildman–Crippen MR) is 133 cm³/mol. The standard InChI is InChI=1S/C21H22Br2Cl4O2/c1-21(2,13-9-15(24)19(16(25)10-13)28-7-3-5-22)14-11-17(26)20(18(27)12-14)29-8-4-6-23/h9-12H,3-8H2,1-2H3. The van der Waals surface area contributed by atoms with Crippen molar-refractivity contribution in [2.45, 2.75) is 32.1 Å². The van der Waals surface area contributed by atoms with Crippen LogP contribution in [0.3, 0.4) is 0 Å². The topological polar surface area (TPSA) is 18.5 Å². The number of hydrogen-bond donors (Lipinski definition) is 0. The van der Waals surface area contributed by atoms with E-state index < -0.39 is 5.41 Å². The van der Waals surface area contributed by atoms with Crippen molar-refractivity contribution in [3.8, 4) is 11.5 Å². The lowest BCUT2D eigenvalue weighted by atomic mass is 9.78. The van der Waals surface area contributed by atoms with Crippen molar-refractivity contribution in [3.63, 3.8) is 0 Å². The third-order valence-electron chi connectivity index (χ3n) is 4.49. The Morgan fingerprint density at radius 3 is 1.28 bits per heavy atom. The highest BCUT2D eigenvalue weighted by Gasteiger charge is 2.27. The zero-order chi connectivity index (χ0) is 21.6. The maximum Gasteiger partial charge on any atom is 0.156 e. The van der Waals surface area contributed by atoms with E-state index in [2.05, 4.69) is 45.7 Å². The minimum absolute atomic E-state index is 0.441. The van der Waals surface area contributed by atoms with Crippen molar-refractivity contribution in [2.75, 3.05) is 23.9 Å². The van der Waals surface area contributed by atoms with E-state index in [0.29, 0.717) is 44.8 Å². The molecule has 0 saturated carbocycles. The Kier molecular flexibility index (Phi) is 10.2. The molecule has 0 saturated heterocycles. The van der Waals surface area contributed by atoms with Gasteiger partial charge in [-0.15, -0.1) is 0 Å². The molecule has 0 radical (unpaired) electrons. The van der Waals surface area contributed by atoms with E-state index in [0.717, 1.165) is 34.6 Å². The van der Waals surface area contributed by atoms with Crippen molar-refractivity contribution < 1.29 is 9.47 Å². The fourth-order valence-electron chi connectivity index (χ4n) is 2.74. The smallest absolute Gasteiger partial charge is 0.156 e. The van der Waals surface area contributed by atoms with Gasteiger partial charge in [0, 0.05) is 16.1 Å². The highest BCUT2D eigenvalue weighted by Crippen LogP contribution is 2.43. The average molecular weight is 608 g/mol. The highest BCUT2D eigenvalue weighted by atomic mass is 79.9. The molecule has 160 valence electrons. The number of benzene rings is 2. The lowest BCUT2D eigenvalue weighted by molar-refractivity contribution is 0.319. The second-order valence-electron chi connectivity index (χ2n) is 6.95. The Morgan fingerprint density at radius 2 is 1.00 bits per heavy atom. The van der Waals surface area contributed by atoms with Crippen LogP contribution in [0.2, 0.25) is 20.1 Å². The van der Waals surface area contributed by atoms with Crippen LogP contribution in [-0.2, 0) is 5.41 Å². The molecule has 0 heterocycles. The molecule has 2 aromatic carbocycles. The summed E-state index contributed by atoms with van der Waals surface area (Å²) >= 11 is 32.6. The fraction of sp³-hybridized carbons (Fsp3) is 0.429. The maximum absolute atomic E-state index is 6.47. The van der Waals surface area contributed by atoms with Crippen LogP contribution in [0, 0.1) is 0 Å². The van der Waals surface area contributed by atoms with Gasteiger partial charge in [0.05, 0.1) is 33.3 Å². The van der Waals surface area contributed by atoms with E-state index in [1.807, 2.05) is 24.3 Å². The molecule has 0 unspecified atom stereocenters. The van der Waals surface area contributed by atoms with Gasteiger partial charge in [0.2, 0.25) is 0 Å². The lowest BCUT2D eigenvalue weighted by Crippen LogP contribution is -2.19. The molecule has 0 aliphatic rings. The van der Waals surface area contributed by atoms with Gasteiger partial charge < -0.3 is 9.47 Å². The summed E-state index contributed by atoms with van der Waals surface area (Å²) in [6.45, 7) is 5.20. The molecule has 2 aromatic rings. The van der Waals surface area contributed by atoms with Crippen molar-refractivity contribution >= 4 is 78.3 Å². The zero-order valence-electron chi connectivity index (χ0n) is 16.1. The first kappa shape index (κ1) is 25.4. The molecule has 0 amide bonds. The number of ether oxygens (including phenoxy) is 2. The van der Waals surface area contributed by atoms with E-state index in [9.17, 15) is 0 Å². The normalized spacial score (nSPS) is 11.6.